The van der Waals surface area contributed by atoms with Crippen LogP contribution in [0.3, 0.4) is 0 Å². The number of nitrogens with zero attached hydrogens (tertiary/aromatic N) is 2. The largest absolute Gasteiger partial charge is 0.481 e. The van der Waals surface area contributed by atoms with Crippen molar-refractivity contribution < 1.29 is 37.5 Å². The maximum atomic E-state index is 13.5. The third-order valence-electron chi connectivity index (χ3n) is 9.30. The van der Waals surface area contributed by atoms with Crippen molar-refractivity contribution in [2.24, 2.45) is 23.2 Å². The fourth-order valence-electron chi connectivity index (χ4n) is 6.70. The summed E-state index contributed by atoms with van der Waals surface area (Å²) < 4.78 is 27.0. The molecule has 1 heterocycles. The monoisotopic (exact) mass is 620 g/mol. The number of rotatable bonds is 16. The van der Waals surface area contributed by atoms with Gasteiger partial charge in [-0.25, -0.2) is 8.42 Å². The molecule has 43 heavy (non-hydrogen) atoms. The van der Waals surface area contributed by atoms with E-state index in [0.717, 1.165) is 22.5 Å². The Morgan fingerprint density at radius 3 is 2.30 bits per heavy atom. The predicted octanol–water partition coefficient (Wildman–Crippen LogP) is 1.73. The Bertz CT molecular complexity index is 1330. The van der Waals surface area contributed by atoms with Crippen LogP contribution in [0.5, 0.6) is 0 Å². The van der Waals surface area contributed by atoms with Crippen LogP contribution in [-0.4, -0.2) is 83.1 Å². The average Bonchev–Trinajstić information content (AvgIpc) is 3.27. The minimum absolute atomic E-state index is 0.0255. The molecule has 13 heteroatoms. The predicted molar refractivity (Wildman–Crippen MR) is 158 cm³/mol. The molecule has 0 radical (unpaired) electrons. The maximum absolute atomic E-state index is 13.5. The molecular formula is C30H44N4O8S. The Morgan fingerprint density at radius 2 is 1.79 bits per heavy atom. The number of hydrogen-bond acceptors (Lipinski definition) is 8. The summed E-state index contributed by atoms with van der Waals surface area (Å²) in [5.41, 5.74) is -1.04. The number of carboxylic acids is 1. The van der Waals surface area contributed by atoms with Crippen molar-refractivity contribution in [3.05, 3.63) is 30.1 Å². The van der Waals surface area contributed by atoms with E-state index in [1.54, 1.807) is 26.2 Å². The Balaban J connectivity index is 1.70. The van der Waals surface area contributed by atoms with E-state index in [0.29, 0.717) is 19.4 Å². The van der Waals surface area contributed by atoms with Crippen LogP contribution in [0.25, 0.3) is 0 Å². The molecule has 12 nitrogen and oxygen atoms in total. The van der Waals surface area contributed by atoms with Crippen LogP contribution in [0, 0.1) is 23.2 Å². The fraction of sp³-hybridized carbons (Fsp3) is 0.667. The summed E-state index contributed by atoms with van der Waals surface area (Å²) in [4.78, 5) is 68.4. The Labute approximate surface area is 253 Å². The van der Waals surface area contributed by atoms with Gasteiger partial charge < -0.3 is 15.7 Å². The van der Waals surface area contributed by atoms with Crippen molar-refractivity contribution in [2.75, 3.05) is 19.3 Å². The van der Waals surface area contributed by atoms with Crippen molar-refractivity contribution in [2.45, 2.75) is 84.2 Å². The number of nitrogens with one attached hydrogen (secondary N) is 2. The summed E-state index contributed by atoms with van der Waals surface area (Å²) in [6, 6.07) is 2.23. The highest BCUT2D eigenvalue weighted by atomic mass is 32.2. The number of pyridine rings is 1. The third-order valence-corrected chi connectivity index (χ3v) is 10.5. The first-order valence-corrected chi connectivity index (χ1v) is 16.6. The van der Waals surface area contributed by atoms with Gasteiger partial charge in [-0.05, 0) is 60.6 Å². The number of aryl methyl sites for hydroxylation is 1. The number of aromatic nitrogens is 1. The molecule has 0 spiro atoms. The zero-order valence-electron chi connectivity index (χ0n) is 25.6. The zero-order chi connectivity index (χ0) is 32.2. The molecule has 238 valence electrons. The Kier molecular flexibility index (Phi) is 10.9. The second-order valence-electron chi connectivity index (χ2n) is 12.7. The molecular weight excluding hydrogens is 576 g/mol. The quantitative estimate of drug-likeness (QED) is 0.232. The van der Waals surface area contributed by atoms with Crippen molar-refractivity contribution >= 4 is 39.4 Å². The summed E-state index contributed by atoms with van der Waals surface area (Å²) in [5, 5.41) is 14.8. The standard InChI is InChI=1S/C30H44N4O8S/c1-19(2)22(16-26(37)32-12-6-7-20-9-13-31-14-10-20)28(40)33-23(17-27(38)39)24(35)18-34(43(5,41)42)30-11-8-21(15-25(30)36)29(30,3)4/h9-10,13-14,19,21-23H,6-8,11-12,15-18H2,1-5H3,(H,32,37)(H,33,40)(H,38,39). The van der Waals surface area contributed by atoms with Gasteiger partial charge in [0, 0.05) is 37.7 Å². The number of sulfonamides is 1. The Morgan fingerprint density at radius 1 is 1.14 bits per heavy atom. The van der Waals surface area contributed by atoms with Gasteiger partial charge >= 0.3 is 5.97 Å². The van der Waals surface area contributed by atoms with E-state index in [-0.39, 0.29) is 42.8 Å². The number of aliphatic carboxylic acids is 1. The van der Waals surface area contributed by atoms with Crippen LogP contribution in [0.4, 0.5) is 0 Å². The van der Waals surface area contributed by atoms with Crippen molar-refractivity contribution in [1.29, 1.82) is 0 Å². The summed E-state index contributed by atoms with van der Waals surface area (Å²) in [5.74, 6) is -4.69. The summed E-state index contributed by atoms with van der Waals surface area (Å²) in [6.07, 6.45) is 5.91. The number of Topliss-reactive ketones (excluding diaryl/α,β-unsaturated/α-hetero) is 2. The lowest BCUT2D eigenvalue weighted by Gasteiger charge is -2.44. The van der Waals surface area contributed by atoms with Crippen molar-refractivity contribution in [3.63, 3.8) is 0 Å². The summed E-state index contributed by atoms with van der Waals surface area (Å²) in [6.45, 7) is 6.78. The zero-order valence-corrected chi connectivity index (χ0v) is 26.4. The molecule has 1 aromatic rings. The van der Waals surface area contributed by atoms with Crippen molar-refractivity contribution in [3.8, 4) is 0 Å². The van der Waals surface area contributed by atoms with Gasteiger partial charge in [0.2, 0.25) is 21.8 Å². The maximum Gasteiger partial charge on any atom is 0.305 e. The molecule has 3 rings (SSSR count). The second-order valence-corrected chi connectivity index (χ2v) is 14.6. The molecule has 4 unspecified atom stereocenters. The molecule has 2 amide bonds. The van der Waals surface area contributed by atoms with E-state index in [4.69, 9.17) is 0 Å². The lowest BCUT2D eigenvalue weighted by Crippen LogP contribution is -2.62. The minimum atomic E-state index is -4.08. The van der Waals surface area contributed by atoms with Gasteiger partial charge in [-0.2, -0.15) is 4.31 Å². The second kappa shape index (κ2) is 13.6. The first-order chi connectivity index (χ1) is 20.0. The van der Waals surface area contributed by atoms with Gasteiger partial charge in [-0.1, -0.05) is 27.7 Å². The molecule has 2 saturated carbocycles. The number of amides is 2. The van der Waals surface area contributed by atoms with Crippen LogP contribution in [0.1, 0.15) is 71.8 Å². The van der Waals surface area contributed by atoms with E-state index in [9.17, 15) is 37.5 Å². The summed E-state index contributed by atoms with van der Waals surface area (Å²) >= 11 is 0. The SMILES string of the molecule is CC(C)C(CC(=O)NCCCc1ccncc1)C(=O)NC(CC(=O)O)C(=O)CN(C12CCC(CC1=O)C2(C)C)S(C)(=O)=O. The number of carbonyl (C=O) groups excluding carboxylic acids is 4. The molecule has 1 aromatic heterocycles. The molecule has 2 fully saturated rings. The first-order valence-electron chi connectivity index (χ1n) is 14.7. The highest BCUT2D eigenvalue weighted by molar-refractivity contribution is 7.88. The summed E-state index contributed by atoms with van der Waals surface area (Å²) in [7, 11) is -4.08. The number of fused-ring (bicyclic) bond motifs is 2. The Hall–Kier alpha value is -3.19. The molecule has 4 atom stereocenters. The lowest BCUT2D eigenvalue weighted by molar-refractivity contribution is -0.142. The number of ketones is 2. The van der Waals surface area contributed by atoms with Crippen LogP contribution in [-0.2, 0) is 40.4 Å². The van der Waals surface area contributed by atoms with E-state index in [2.05, 4.69) is 15.6 Å². The van der Waals surface area contributed by atoms with Gasteiger partial charge in [0.05, 0.1) is 30.8 Å². The number of hydrogen-bond donors (Lipinski definition) is 3. The van der Waals surface area contributed by atoms with Gasteiger partial charge in [-0.15, -0.1) is 0 Å². The number of carboxylic acid groups (broad SMARTS) is 1. The smallest absolute Gasteiger partial charge is 0.305 e. The first kappa shape index (κ1) is 34.3. The van der Waals surface area contributed by atoms with Crippen LogP contribution in [0.2, 0.25) is 0 Å². The fourth-order valence-corrected chi connectivity index (χ4v) is 8.05. The average molecular weight is 621 g/mol. The van der Waals surface area contributed by atoms with Crippen LogP contribution < -0.4 is 10.6 Å². The lowest BCUT2D eigenvalue weighted by atomic mass is 9.75. The minimum Gasteiger partial charge on any atom is -0.481 e. The molecule has 2 aliphatic carbocycles. The molecule has 0 aliphatic heterocycles. The van der Waals surface area contributed by atoms with Crippen molar-refractivity contribution in [1.82, 2.24) is 19.9 Å². The van der Waals surface area contributed by atoms with Gasteiger partial charge in [0.25, 0.3) is 0 Å². The van der Waals surface area contributed by atoms with Crippen LogP contribution in [0.15, 0.2) is 24.5 Å². The van der Waals surface area contributed by atoms with E-state index < -0.39 is 63.6 Å². The molecule has 0 aromatic carbocycles. The highest BCUT2D eigenvalue weighted by Gasteiger charge is 2.68. The number of carbonyl (C=O) groups is 5. The topological polar surface area (TPSA) is 180 Å². The molecule has 2 bridgehead atoms. The molecule has 2 aliphatic rings. The van der Waals surface area contributed by atoms with Gasteiger partial charge in [0.15, 0.2) is 11.6 Å². The normalized spacial score (nSPS) is 22.4. The van der Waals surface area contributed by atoms with E-state index in [1.165, 1.54) is 0 Å². The van der Waals surface area contributed by atoms with E-state index >= 15 is 0 Å². The van der Waals surface area contributed by atoms with E-state index in [1.807, 2.05) is 26.0 Å². The van der Waals surface area contributed by atoms with Crippen LogP contribution >= 0.6 is 0 Å². The third kappa shape index (κ3) is 7.67. The molecule has 3 N–H and O–H groups in total. The van der Waals surface area contributed by atoms with Gasteiger partial charge in [0.1, 0.15) is 0 Å². The molecule has 0 saturated heterocycles. The van der Waals surface area contributed by atoms with Gasteiger partial charge in [-0.3, -0.25) is 29.0 Å². The highest BCUT2D eigenvalue weighted by Crippen LogP contribution is 2.61.